The first kappa shape index (κ1) is 15.8. The number of hydrogen-bond donors (Lipinski definition) is 2. The number of H-pyrrole nitrogens is 1. The Hall–Kier alpha value is -2.04. The molecule has 0 aliphatic carbocycles. The maximum absolute atomic E-state index is 14.1. The molecule has 0 saturated heterocycles. The summed E-state index contributed by atoms with van der Waals surface area (Å²) < 4.78 is 19.4. The third-order valence-electron chi connectivity index (χ3n) is 4.16. The Balaban J connectivity index is 2.01. The van der Waals surface area contributed by atoms with Crippen molar-refractivity contribution in [1.29, 1.82) is 0 Å². The summed E-state index contributed by atoms with van der Waals surface area (Å²) in [5.41, 5.74) is 8.51. The summed E-state index contributed by atoms with van der Waals surface area (Å²) in [5, 5.41) is 1.47. The van der Waals surface area contributed by atoms with E-state index in [1.54, 1.807) is 19.2 Å². The van der Waals surface area contributed by atoms with Crippen molar-refractivity contribution in [3.8, 4) is 5.75 Å². The largest absolute Gasteiger partial charge is 0.497 e. The van der Waals surface area contributed by atoms with E-state index < -0.39 is 0 Å². The Kier molecular flexibility index (Phi) is 4.55. The van der Waals surface area contributed by atoms with E-state index in [1.165, 1.54) is 6.07 Å². The highest BCUT2D eigenvalue weighted by Gasteiger charge is 2.19. The number of hydrogen-bond acceptors (Lipinski definition) is 2. The molecule has 0 radical (unpaired) electrons. The molecule has 3 N–H and O–H groups in total. The van der Waals surface area contributed by atoms with Crippen molar-refractivity contribution in [2.75, 3.05) is 13.7 Å². The van der Waals surface area contributed by atoms with Crippen LogP contribution in [0, 0.1) is 5.82 Å². The molecule has 1 atom stereocenters. The second-order valence-corrected chi connectivity index (χ2v) is 5.90. The summed E-state index contributed by atoms with van der Waals surface area (Å²) >= 11 is 6.15. The molecule has 0 aliphatic rings. The van der Waals surface area contributed by atoms with E-state index in [-0.39, 0.29) is 11.7 Å². The van der Waals surface area contributed by atoms with Crippen LogP contribution in [0.25, 0.3) is 10.9 Å². The van der Waals surface area contributed by atoms with E-state index >= 15 is 0 Å². The van der Waals surface area contributed by atoms with Crippen LogP contribution in [0.5, 0.6) is 5.75 Å². The van der Waals surface area contributed by atoms with Gasteiger partial charge in [-0.1, -0.05) is 17.7 Å². The Bertz CT molecular complexity index is 811. The van der Waals surface area contributed by atoms with Gasteiger partial charge in [-0.15, -0.1) is 0 Å². The van der Waals surface area contributed by atoms with E-state index in [0.29, 0.717) is 23.6 Å². The SMILES string of the molecule is COc1ccc2[nH]cc(C(CN)Cc3c(F)cccc3Cl)c2c1. The molecule has 2 aromatic carbocycles. The molecule has 0 saturated carbocycles. The van der Waals surface area contributed by atoms with Gasteiger partial charge in [0.05, 0.1) is 7.11 Å². The van der Waals surface area contributed by atoms with Gasteiger partial charge in [0.15, 0.2) is 0 Å². The van der Waals surface area contributed by atoms with Gasteiger partial charge in [0, 0.05) is 33.6 Å². The average molecular weight is 333 g/mol. The predicted octanol–water partition coefficient (Wildman–Crippen LogP) is 4.25. The van der Waals surface area contributed by atoms with Crippen LogP contribution >= 0.6 is 11.6 Å². The lowest BCUT2D eigenvalue weighted by Gasteiger charge is -2.16. The van der Waals surface area contributed by atoms with Gasteiger partial charge in [0.1, 0.15) is 11.6 Å². The van der Waals surface area contributed by atoms with Crippen LogP contribution in [0.4, 0.5) is 4.39 Å². The molecule has 0 spiro atoms. The molecule has 1 unspecified atom stereocenters. The summed E-state index contributed by atoms with van der Waals surface area (Å²) in [6.07, 6.45) is 2.38. The molecule has 3 nitrogen and oxygen atoms in total. The highest BCUT2D eigenvalue weighted by molar-refractivity contribution is 6.31. The maximum Gasteiger partial charge on any atom is 0.127 e. The summed E-state index contributed by atoms with van der Waals surface area (Å²) in [6.45, 7) is 0.398. The Morgan fingerprint density at radius 3 is 2.83 bits per heavy atom. The number of nitrogens with one attached hydrogen (secondary N) is 1. The number of aromatic amines is 1. The minimum atomic E-state index is -0.298. The van der Waals surface area contributed by atoms with E-state index in [1.807, 2.05) is 24.4 Å². The number of aromatic nitrogens is 1. The van der Waals surface area contributed by atoms with Crippen LogP contribution in [0.2, 0.25) is 5.02 Å². The van der Waals surface area contributed by atoms with Crippen molar-refractivity contribution in [3.05, 3.63) is 64.6 Å². The monoisotopic (exact) mass is 332 g/mol. The smallest absolute Gasteiger partial charge is 0.127 e. The highest BCUT2D eigenvalue weighted by Crippen LogP contribution is 2.32. The zero-order valence-electron chi connectivity index (χ0n) is 12.8. The molecule has 3 aromatic rings. The molecule has 23 heavy (non-hydrogen) atoms. The van der Waals surface area contributed by atoms with Gasteiger partial charge in [-0.3, -0.25) is 0 Å². The fourth-order valence-corrected chi connectivity index (χ4v) is 3.12. The zero-order valence-corrected chi connectivity index (χ0v) is 13.5. The Morgan fingerprint density at radius 2 is 2.13 bits per heavy atom. The minimum Gasteiger partial charge on any atom is -0.497 e. The van der Waals surface area contributed by atoms with Gasteiger partial charge < -0.3 is 15.5 Å². The lowest BCUT2D eigenvalue weighted by Crippen LogP contribution is -2.15. The fraction of sp³-hybridized carbons (Fsp3) is 0.222. The van der Waals surface area contributed by atoms with E-state index in [4.69, 9.17) is 22.1 Å². The van der Waals surface area contributed by atoms with Gasteiger partial charge >= 0.3 is 0 Å². The minimum absolute atomic E-state index is 0.0368. The lowest BCUT2D eigenvalue weighted by molar-refractivity contribution is 0.415. The van der Waals surface area contributed by atoms with Crippen molar-refractivity contribution in [2.24, 2.45) is 5.73 Å². The number of ether oxygens (including phenoxy) is 1. The zero-order chi connectivity index (χ0) is 16.4. The fourth-order valence-electron chi connectivity index (χ4n) is 2.88. The molecule has 1 heterocycles. The molecule has 120 valence electrons. The van der Waals surface area contributed by atoms with Crippen molar-refractivity contribution in [1.82, 2.24) is 4.98 Å². The van der Waals surface area contributed by atoms with Crippen LogP contribution in [0.3, 0.4) is 0 Å². The predicted molar refractivity (Wildman–Crippen MR) is 91.8 cm³/mol. The highest BCUT2D eigenvalue weighted by atomic mass is 35.5. The Morgan fingerprint density at radius 1 is 1.30 bits per heavy atom. The summed E-state index contributed by atoms with van der Waals surface area (Å²) in [5.74, 6) is 0.441. The maximum atomic E-state index is 14.1. The first-order valence-electron chi connectivity index (χ1n) is 7.42. The van der Waals surface area contributed by atoms with E-state index in [2.05, 4.69) is 4.98 Å². The first-order chi connectivity index (χ1) is 11.1. The Labute approximate surface area is 139 Å². The van der Waals surface area contributed by atoms with Crippen molar-refractivity contribution in [3.63, 3.8) is 0 Å². The lowest BCUT2D eigenvalue weighted by atomic mass is 9.91. The molecule has 0 bridgehead atoms. The topological polar surface area (TPSA) is 51.0 Å². The molecule has 3 rings (SSSR count). The van der Waals surface area contributed by atoms with Crippen molar-refractivity contribution < 1.29 is 9.13 Å². The van der Waals surface area contributed by atoms with Crippen LogP contribution in [0.1, 0.15) is 17.0 Å². The molecule has 5 heteroatoms. The molecule has 1 aromatic heterocycles. The van der Waals surface area contributed by atoms with Gasteiger partial charge in [-0.2, -0.15) is 0 Å². The van der Waals surface area contributed by atoms with E-state index in [9.17, 15) is 4.39 Å². The van der Waals surface area contributed by atoms with Crippen LogP contribution in [-0.4, -0.2) is 18.6 Å². The summed E-state index contributed by atoms with van der Waals surface area (Å²) in [6, 6.07) is 10.6. The number of benzene rings is 2. The van der Waals surface area contributed by atoms with Crippen LogP contribution < -0.4 is 10.5 Å². The van der Waals surface area contributed by atoms with Gasteiger partial charge in [-0.25, -0.2) is 4.39 Å². The normalized spacial score (nSPS) is 12.5. The number of halogens is 2. The summed E-state index contributed by atoms with van der Waals surface area (Å²) in [7, 11) is 1.63. The average Bonchev–Trinajstić information content (AvgIpc) is 2.97. The van der Waals surface area contributed by atoms with Gasteiger partial charge in [-0.05, 0) is 48.9 Å². The molecular weight excluding hydrogens is 315 g/mol. The van der Waals surface area contributed by atoms with Crippen molar-refractivity contribution >= 4 is 22.5 Å². The molecule has 0 aliphatic heterocycles. The quantitative estimate of drug-likeness (QED) is 0.733. The number of rotatable bonds is 5. The number of methoxy groups -OCH3 is 1. The molecular formula is C18H18ClFN2O. The van der Waals surface area contributed by atoms with Crippen molar-refractivity contribution in [2.45, 2.75) is 12.3 Å². The third-order valence-corrected chi connectivity index (χ3v) is 4.51. The van der Waals surface area contributed by atoms with E-state index in [0.717, 1.165) is 22.2 Å². The van der Waals surface area contributed by atoms with Gasteiger partial charge in [0.2, 0.25) is 0 Å². The second-order valence-electron chi connectivity index (χ2n) is 5.49. The van der Waals surface area contributed by atoms with Gasteiger partial charge in [0.25, 0.3) is 0 Å². The second kappa shape index (κ2) is 6.60. The first-order valence-corrected chi connectivity index (χ1v) is 7.79. The summed E-state index contributed by atoms with van der Waals surface area (Å²) in [4.78, 5) is 3.23. The van der Waals surface area contributed by atoms with Crippen LogP contribution in [0.15, 0.2) is 42.6 Å². The molecule has 0 fully saturated rings. The third kappa shape index (κ3) is 3.05. The van der Waals surface area contributed by atoms with Crippen LogP contribution in [-0.2, 0) is 6.42 Å². The number of nitrogens with two attached hydrogens (primary N) is 1. The standard InChI is InChI=1S/C18H18ClFN2O/c1-23-12-5-6-18-13(8-12)15(10-22-18)11(9-21)7-14-16(19)3-2-4-17(14)20/h2-6,8,10-11,22H,7,9,21H2,1H3. The number of fused-ring (bicyclic) bond motifs is 1. The molecule has 0 amide bonds.